The Bertz CT molecular complexity index is 110. The average molecular weight is 128 g/mol. The molecule has 0 atom stereocenters. The molecule has 0 heterocycles. The summed E-state index contributed by atoms with van der Waals surface area (Å²) < 4.78 is 4.39. The van der Waals surface area contributed by atoms with Gasteiger partial charge in [0.15, 0.2) is 0 Å². The molecule has 0 bridgehead atoms. The topological polar surface area (TPSA) is 38.3 Å². The van der Waals surface area contributed by atoms with Crippen LogP contribution < -0.4 is 5.32 Å². The molecule has 0 aromatic carbocycles. The van der Waals surface area contributed by atoms with E-state index in [1.807, 2.05) is 0 Å². The quantitative estimate of drug-likeness (QED) is 0.564. The van der Waals surface area contributed by atoms with E-state index < -0.39 is 0 Å². The monoisotopic (exact) mass is 128 g/mol. The highest BCUT2D eigenvalue weighted by Crippen LogP contribution is 2.16. The lowest BCUT2D eigenvalue weighted by molar-refractivity contribution is 0.163. The van der Waals surface area contributed by atoms with Gasteiger partial charge in [-0.05, 0) is 19.3 Å². The molecular formula is C6H10NO2. The Morgan fingerprint density at radius 1 is 1.78 bits per heavy atom. The van der Waals surface area contributed by atoms with Gasteiger partial charge in [0.2, 0.25) is 0 Å². The van der Waals surface area contributed by atoms with E-state index in [2.05, 4.69) is 16.5 Å². The molecule has 0 aromatic rings. The normalized spacial score (nSPS) is 18.3. The Kier molecular flexibility index (Phi) is 1.92. The number of amides is 1. The summed E-state index contributed by atoms with van der Waals surface area (Å²) in [6, 6.07) is 0.331. The minimum atomic E-state index is -0.326. The van der Waals surface area contributed by atoms with Crippen molar-refractivity contribution in [3.05, 3.63) is 6.42 Å². The first-order chi connectivity index (χ1) is 4.33. The predicted molar refractivity (Wildman–Crippen MR) is 32.9 cm³/mol. The molecule has 1 amide bonds. The minimum Gasteiger partial charge on any atom is -0.453 e. The van der Waals surface area contributed by atoms with Crippen molar-refractivity contribution in [1.82, 2.24) is 5.32 Å². The van der Waals surface area contributed by atoms with Gasteiger partial charge in [0, 0.05) is 6.04 Å². The predicted octanol–water partition coefficient (Wildman–Crippen LogP) is 0.709. The first-order valence-electron chi connectivity index (χ1n) is 2.99. The number of nitrogens with one attached hydrogen (secondary N) is 1. The van der Waals surface area contributed by atoms with Crippen molar-refractivity contribution in [3.8, 4) is 0 Å². The van der Waals surface area contributed by atoms with Crippen LogP contribution in [-0.4, -0.2) is 19.2 Å². The maximum absolute atomic E-state index is 10.5. The zero-order valence-electron chi connectivity index (χ0n) is 5.39. The standard InChI is InChI=1S/C6H10NO2/c1-9-6(8)7-5-3-2-4-5/h2,5H,3-4H2,1H3,(H,7,8). The van der Waals surface area contributed by atoms with Gasteiger partial charge in [0.25, 0.3) is 0 Å². The molecule has 3 heteroatoms. The Morgan fingerprint density at radius 3 is 2.78 bits per heavy atom. The number of carbonyl (C=O) groups excluding carboxylic acids is 1. The largest absolute Gasteiger partial charge is 0.453 e. The van der Waals surface area contributed by atoms with Gasteiger partial charge in [0.05, 0.1) is 7.11 Å². The van der Waals surface area contributed by atoms with E-state index in [1.165, 1.54) is 7.11 Å². The molecule has 1 aliphatic carbocycles. The second-order valence-corrected chi connectivity index (χ2v) is 2.09. The second-order valence-electron chi connectivity index (χ2n) is 2.09. The van der Waals surface area contributed by atoms with Gasteiger partial charge in [-0.15, -0.1) is 0 Å². The zero-order valence-corrected chi connectivity index (χ0v) is 5.39. The molecule has 3 nitrogen and oxygen atoms in total. The molecule has 0 unspecified atom stereocenters. The van der Waals surface area contributed by atoms with E-state index in [0.29, 0.717) is 6.04 Å². The van der Waals surface area contributed by atoms with Crippen molar-refractivity contribution in [2.45, 2.75) is 18.9 Å². The highest BCUT2D eigenvalue weighted by atomic mass is 16.5. The lowest BCUT2D eigenvalue weighted by Gasteiger charge is -2.24. The van der Waals surface area contributed by atoms with Gasteiger partial charge in [-0.1, -0.05) is 0 Å². The summed E-state index contributed by atoms with van der Waals surface area (Å²) in [4.78, 5) is 10.5. The van der Waals surface area contributed by atoms with E-state index in [0.717, 1.165) is 12.8 Å². The highest BCUT2D eigenvalue weighted by Gasteiger charge is 2.19. The summed E-state index contributed by atoms with van der Waals surface area (Å²) in [7, 11) is 1.37. The Hall–Kier alpha value is -0.730. The van der Waals surface area contributed by atoms with Crippen molar-refractivity contribution < 1.29 is 9.53 Å². The fourth-order valence-corrected chi connectivity index (χ4v) is 0.677. The molecule has 1 fully saturated rings. The van der Waals surface area contributed by atoms with Gasteiger partial charge in [-0.25, -0.2) is 4.79 Å². The number of hydrogen-bond acceptors (Lipinski definition) is 2. The molecule has 1 saturated carbocycles. The van der Waals surface area contributed by atoms with E-state index in [-0.39, 0.29) is 6.09 Å². The first kappa shape index (κ1) is 6.39. The molecule has 0 spiro atoms. The van der Waals surface area contributed by atoms with Crippen molar-refractivity contribution in [1.29, 1.82) is 0 Å². The third kappa shape index (κ3) is 1.59. The van der Waals surface area contributed by atoms with Crippen LogP contribution in [-0.2, 0) is 4.74 Å². The third-order valence-electron chi connectivity index (χ3n) is 1.41. The van der Waals surface area contributed by atoms with Crippen molar-refractivity contribution in [3.63, 3.8) is 0 Å². The SMILES string of the molecule is COC(=O)NC1C[CH]C1. The van der Waals surface area contributed by atoms with Crippen molar-refractivity contribution in [2.24, 2.45) is 0 Å². The van der Waals surface area contributed by atoms with Gasteiger partial charge < -0.3 is 10.1 Å². The number of carbonyl (C=O) groups is 1. The van der Waals surface area contributed by atoms with Gasteiger partial charge in [-0.2, -0.15) is 0 Å². The smallest absolute Gasteiger partial charge is 0.407 e. The lowest BCUT2D eigenvalue weighted by Crippen LogP contribution is -2.39. The molecule has 51 valence electrons. The van der Waals surface area contributed by atoms with Gasteiger partial charge in [-0.3, -0.25) is 0 Å². The van der Waals surface area contributed by atoms with Gasteiger partial charge >= 0.3 is 6.09 Å². The van der Waals surface area contributed by atoms with Crippen LogP contribution in [0.25, 0.3) is 0 Å². The Morgan fingerprint density at radius 2 is 2.44 bits per heavy atom. The summed E-state index contributed by atoms with van der Waals surface area (Å²) in [5.74, 6) is 0. The zero-order chi connectivity index (χ0) is 6.69. The van der Waals surface area contributed by atoms with Crippen molar-refractivity contribution >= 4 is 6.09 Å². The maximum atomic E-state index is 10.5. The fourth-order valence-electron chi connectivity index (χ4n) is 0.677. The van der Waals surface area contributed by atoms with Crippen LogP contribution in [0, 0.1) is 6.42 Å². The molecule has 0 saturated heterocycles. The summed E-state index contributed by atoms with van der Waals surface area (Å²) in [6.07, 6.45) is 3.76. The van der Waals surface area contributed by atoms with Crippen LogP contribution in [0.15, 0.2) is 0 Å². The summed E-state index contributed by atoms with van der Waals surface area (Å²) >= 11 is 0. The van der Waals surface area contributed by atoms with Crippen LogP contribution in [0.3, 0.4) is 0 Å². The molecule has 0 aliphatic heterocycles. The van der Waals surface area contributed by atoms with Gasteiger partial charge in [0.1, 0.15) is 0 Å². The average Bonchev–Trinajstić information content (AvgIpc) is 1.78. The second kappa shape index (κ2) is 2.71. The minimum absolute atomic E-state index is 0.326. The van der Waals surface area contributed by atoms with Crippen LogP contribution in [0.1, 0.15) is 12.8 Å². The lowest BCUT2D eigenvalue weighted by atomic mass is 9.93. The highest BCUT2D eigenvalue weighted by molar-refractivity contribution is 5.67. The molecule has 1 radical (unpaired) electrons. The Balaban J connectivity index is 2.09. The number of hydrogen-bond donors (Lipinski definition) is 1. The fraction of sp³-hybridized carbons (Fsp3) is 0.667. The van der Waals surface area contributed by atoms with E-state index in [1.54, 1.807) is 0 Å². The Labute approximate surface area is 54.4 Å². The van der Waals surface area contributed by atoms with Crippen LogP contribution in [0.4, 0.5) is 4.79 Å². The first-order valence-corrected chi connectivity index (χ1v) is 2.99. The van der Waals surface area contributed by atoms with Crippen LogP contribution >= 0.6 is 0 Å². The summed E-state index contributed by atoms with van der Waals surface area (Å²) in [6.45, 7) is 0. The molecule has 0 aromatic heterocycles. The van der Waals surface area contributed by atoms with E-state index in [4.69, 9.17) is 0 Å². The number of ether oxygens (including phenoxy) is 1. The van der Waals surface area contributed by atoms with E-state index >= 15 is 0 Å². The third-order valence-corrected chi connectivity index (χ3v) is 1.41. The molecule has 1 aliphatic rings. The van der Waals surface area contributed by atoms with Crippen LogP contribution in [0.2, 0.25) is 0 Å². The number of methoxy groups -OCH3 is 1. The van der Waals surface area contributed by atoms with E-state index in [9.17, 15) is 4.79 Å². The maximum Gasteiger partial charge on any atom is 0.407 e. The number of alkyl carbamates (subject to hydrolysis) is 1. The molecule has 1 N–H and O–H groups in total. The van der Waals surface area contributed by atoms with Crippen molar-refractivity contribution in [2.75, 3.05) is 7.11 Å². The molecule has 9 heavy (non-hydrogen) atoms. The van der Waals surface area contributed by atoms with Crippen LogP contribution in [0.5, 0.6) is 0 Å². The molecular weight excluding hydrogens is 118 g/mol. The summed E-state index contributed by atoms with van der Waals surface area (Å²) in [5, 5.41) is 2.67. The number of rotatable bonds is 1. The molecule has 1 rings (SSSR count). The summed E-state index contributed by atoms with van der Waals surface area (Å²) in [5.41, 5.74) is 0.